The Labute approximate surface area is 115 Å². The van der Waals surface area contributed by atoms with Crippen molar-refractivity contribution in [1.82, 2.24) is 5.32 Å². The Kier molecular flexibility index (Phi) is 5.87. The molecular formula is C12H15N3O3S. The molecular weight excluding hydrogens is 266 g/mol. The van der Waals surface area contributed by atoms with Crippen LogP contribution < -0.4 is 11.1 Å². The van der Waals surface area contributed by atoms with E-state index in [1.807, 2.05) is 0 Å². The molecule has 1 rings (SSSR count). The van der Waals surface area contributed by atoms with Crippen molar-refractivity contribution >= 4 is 39.5 Å². The van der Waals surface area contributed by atoms with Crippen LogP contribution in [0.25, 0.3) is 0 Å². The van der Waals surface area contributed by atoms with Crippen molar-refractivity contribution in [3.8, 4) is 0 Å². The molecule has 1 amide bonds. The first kappa shape index (κ1) is 15.0. The maximum absolute atomic E-state index is 11.4. The minimum atomic E-state index is -0.675. The van der Waals surface area contributed by atoms with Crippen LogP contribution in [0.4, 0.5) is 16.2 Å². The van der Waals surface area contributed by atoms with Gasteiger partial charge >= 0.3 is 6.09 Å². The SMILES string of the molecule is CCC(=O)SC(=Nc1ccc(N)cc1)NC(=O)OC. The van der Waals surface area contributed by atoms with Gasteiger partial charge in [-0.15, -0.1) is 0 Å². The van der Waals surface area contributed by atoms with Gasteiger partial charge in [0.25, 0.3) is 0 Å². The average Bonchev–Trinajstić information content (AvgIpc) is 2.40. The summed E-state index contributed by atoms with van der Waals surface area (Å²) in [7, 11) is 1.24. The number of carbonyl (C=O) groups excluding carboxylic acids is 2. The van der Waals surface area contributed by atoms with Crippen LogP contribution in [0.5, 0.6) is 0 Å². The number of nitrogens with two attached hydrogens (primary N) is 1. The molecule has 0 unspecified atom stereocenters. The predicted molar refractivity (Wildman–Crippen MR) is 76.4 cm³/mol. The number of rotatable bonds is 2. The molecule has 0 bridgehead atoms. The minimum Gasteiger partial charge on any atom is -0.453 e. The van der Waals surface area contributed by atoms with Crippen LogP contribution in [0.3, 0.4) is 0 Å². The van der Waals surface area contributed by atoms with E-state index in [9.17, 15) is 9.59 Å². The van der Waals surface area contributed by atoms with Crippen molar-refractivity contribution in [3.63, 3.8) is 0 Å². The summed E-state index contributed by atoms with van der Waals surface area (Å²) in [6.45, 7) is 1.73. The van der Waals surface area contributed by atoms with Crippen LogP contribution >= 0.6 is 11.8 Å². The van der Waals surface area contributed by atoms with E-state index in [0.717, 1.165) is 11.8 Å². The number of nitrogen functional groups attached to an aromatic ring is 1. The molecule has 0 atom stereocenters. The summed E-state index contributed by atoms with van der Waals surface area (Å²) in [5.41, 5.74) is 6.75. The van der Waals surface area contributed by atoms with Crippen molar-refractivity contribution in [2.24, 2.45) is 4.99 Å². The van der Waals surface area contributed by atoms with Gasteiger partial charge in [0.1, 0.15) is 0 Å². The van der Waals surface area contributed by atoms with Crippen LogP contribution in [-0.2, 0) is 9.53 Å². The van der Waals surface area contributed by atoms with Crippen molar-refractivity contribution < 1.29 is 14.3 Å². The molecule has 0 aliphatic carbocycles. The van der Waals surface area contributed by atoms with E-state index in [-0.39, 0.29) is 10.3 Å². The van der Waals surface area contributed by atoms with Gasteiger partial charge in [-0.2, -0.15) is 0 Å². The van der Waals surface area contributed by atoms with E-state index >= 15 is 0 Å². The number of anilines is 1. The number of hydrogen-bond acceptors (Lipinski definition) is 6. The molecule has 1 aromatic rings. The second-order valence-corrected chi connectivity index (χ2v) is 4.50. The smallest absolute Gasteiger partial charge is 0.412 e. The molecule has 0 fully saturated rings. The number of ether oxygens (including phenoxy) is 1. The van der Waals surface area contributed by atoms with Gasteiger partial charge in [-0.25, -0.2) is 9.79 Å². The third-order valence-electron chi connectivity index (χ3n) is 2.02. The van der Waals surface area contributed by atoms with Crippen LogP contribution in [0, 0.1) is 0 Å². The molecule has 102 valence electrons. The number of amidine groups is 1. The van der Waals surface area contributed by atoms with Crippen molar-refractivity contribution in [3.05, 3.63) is 24.3 Å². The van der Waals surface area contributed by atoms with Crippen molar-refractivity contribution in [1.29, 1.82) is 0 Å². The zero-order chi connectivity index (χ0) is 14.3. The molecule has 3 N–H and O–H groups in total. The Bertz CT molecular complexity index is 465. The fraction of sp³-hybridized carbons (Fsp3) is 0.250. The molecule has 0 radical (unpaired) electrons. The zero-order valence-electron chi connectivity index (χ0n) is 10.7. The third-order valence-corrected chi connectivity index (χ3v) is 2.92. The lowest BCUT2D eigenvalue weighted by molar-refractivity contribution is -0.110. The molecule has 0 saturated heterocycles. The Hall–Kier alpha value is -2.02. The standard InChI is InChI=1S/C12H15N3O3S/c1-3-10(16)19-11(15-12(17)18-2)14-9-6-4-8(13)5-7-9/h4-7H,3,13H2,1-2H3,(H,14,15,17). The van der Waals surface area contributed by atoms with Gasteiger partial charge in [0, 0.05) is 12.1 Å². The van der Waals surface area contributed by atoms with Crippen molar-refractivity contribution in [2.45, 2.75) is 13.3 Å². The summed E-state index contributed by atoms with van der Waals surface area (Å²) in [5, 5.41) is 2.46. The second-order valence-electron chi connectivity index (χ2n) is 3.45. The van der Waals surface area contributed by atoms with Gasteiger partial charge in [-0.05, 0) is 36.0 Å². The number of alkyl carbamates (subject to hydrolysis) is 1. The number of carbonyl (C=O) groups is 2. The Morgan fingerprint density at radius 3 is 2.53 bits per heavy atom. The lowest BCUT2D eigenvalue weighted by atomic mass is 10.3. The van der Waals surface area contributed by atoms with Gasteiger partial charge in [0.15, 0.2) is 10.3 Å². The normalized spacial score (nSPS) is 10.9. The summed E-state index contributed by atoms with van der Waals surface area (Å²) in [5.74, 6) is 0. The summed E-state index contributed by atoms with van der Waals surface area (Å²) in [6, 6.07) is 6.73. The first-order valence-electron chi connectivity index (χ1n) is 5.55. The van der Waals surface area contributed by atoms with E-state index in [1.54, 1.807) is 31.2 Å². The molecule has 19 heavy (non-hydrogen) atoms. The van der Waals surface area contributed by atoms with E-state index in [4.69, 9.17) is 5.73 Å². The number of amides is 1. The number of aliphatic imine (C=N–C) groups is 1. The molecule has 1 aromatic carbocycles. The van der Waals surface area contributed by atoms with E-state index in [1.165, 1.54) is 7.11 Å². The quantitative estimate of drug-likeness (QED) is 0.493. The molecule has 0 aliphatic heterocycles. The Morgan fingerprint density at radius 2 is 2.00 bits per heavy atom. The molecule has 7 heteroatoms. The first-order valence-corrected chi connectivity index (χ1v) is 6.36. The highest BCUT2D eigenvalue weighted by Crippen LogP contribution is 2.17. The molecule has 0 spiro atoms. The summed E-state index contributed by atoms with van der Waals surface area (Å²) >= 11 is 0.855. The van der Waals surface area contributed by atoms with Gasteiger partial charge in [0.2, 0.25) is 0 Å². The van der Waals surface area contributed by atoms with E-state index in [2.05, 4.69) is 15.0 Å². The lowest BCUT2D eigenvalue weighted by Crippen LogP contribution is -2.28. The lowest BCUT2D eigenvalue weighted by Gasteiger charge is -2.06. The highest BCUT2D eigenvalue weighted by molar-refractivity contribution is 8.26. The minimum absolute atomic E-state index is 0.106. The molecule has 0 aliphatic rings. The van der Waals surface area contributed by atoms with Gasteiger partial charge in [-0.3, -0.25) is 10.1 Å². The van der Waals surface area contributed by atoms with E-state index in [0.29, 0.717) is 17.8 Å². The maximum atomic E-state index is 11.4. The van der Waals surface area contributed by atoms with Crippen LogP contribution in [0.2, 0.25) is 0 Å². The van der Waals surface area contributed by atoms with Gasteiger partial charge in [0.05, 0.1) is 12.8 Å². The largest absolute Gasteiger partial charge is 0.453 e. The monoisotopic (exact) mass is 281 g/mol. The Balaban J connectivity index is 2.90. The fourth-order valence-corrected chi connectivity index (χ4v) is 1.71. The first-order chi connectivity index (χ1) is 9.05. The van der Waals surface area contributed by atoms with Gasteiger partial charge < -0.3 is 10.5 Å². The third kappa shape index (κ3) is 5.43. The number of nitrogens with zero attached hydrogens (tertiary/aromatic N) is 1. The number of methoxy groups -OCH3 is 1. The number of benzene rings is 1. The van der Waals surface area contributed by atoms with E-state index < -0.39 is 6.09 Å². The van der Waals surface area contributed by atoms with Gasteiger partial charge in [-0.1, -0.05) is 6.92 Å². The summed E-state index contributed by atoms with van der Waals surface area (Å²) in [4.78, 5) is 26.8. The predicted octanol–water partition coefficient (Wildman–Crippen LogP) is 2.28. The molecule has 6 nitrogen and oxygen atoms in total. The zero-order valence-corrected chi connectivity index (χ0v) is 11.5. The van der Waals surface area contributed by atoms with Crippen LogP contribution in [-0.4, -0.2) is 23.5 Å². The average molecular weight is 281 g/mol. The second kappa shape index (κ2) is 7.42. The van der Waals surface area contributed by atoms with Crippen LogP contribution in [0.15, 0.2) is 29.3 Å². The topological polar surface area (TPSA) is 93.8 Å². The Morgan fingerprint density at radius 1 is 1.37 bits per heavy atom. The van der Waals surface area contributed by atoms with Crippen LogP contribution in [0.1, 0.15) is 13.3 Å². The molecule has 0 aromatic heterocycles. The number of thioether (sulfide) groups is 1. The highest BCUT2D eigenvalue weighted by Gasteiger charge is 2.11. The highest BCUT2D eigenvalue weighted by atomic mass is 32.2. The molecule has 0 saturated carbocycles. The fourth-order valence-electron chi connectivity index (χ4n) is 1.06. The summed E-state index contributed by atoms with van der Waals surface area (Å²) < 4.78 is 4.48. The maximum Gasteiger partial charge on any atom is 0.412 e. The summed E-state index contributed by atoms with van der Waals surface area (Å²) in [6.07, 6.45) is -0.334. The number of nitrogens with one attached hydrogen (secondary N) is 1. The van der Waals surface area contributed by atoms with Crippen molar-refractivity contribution in [2.75, 3.05) is 12.8 Å². The molecule has 0 heterocycles. The number of hydrogen-bond donors (Lipinski definition) is 2.